The molecule has 1 atom stereocenters. The Morgan fingerprint density at radius 3 is 2.80 bits per heavy atom. The van der Waals surface area contributed by atoms with Crippen molar-refractivity contribution >= 4 is 28.6 Å². The molecular weight excluding hydrogens is 266 g/mol. The minimum Gasteiger partial charge on any atom is -0.388 e. The molecule has 0 amide bonds. The van der Waals surface area contributed by atoms with Gasteiger partial charge in [-0.15, -0.1) is 0 Å². The molecule has 3 rings (SSSR count). The molecule has 3 nitrogen and oxygen atoms in total. The topological polar surface area (TPSA) is 42.2 Å². The molecular formula is C16H17N3S. The van der Waals surface area contributed by atoms with Crippen molar-refractivity contribution in [2.24, 2.45) is 11.7 Å². The smallest absolute Gasteiger partial charge is 0.124 e. The second-order valence-corrected chi connectivity index (χ2v) is 5.72. The molecule has 0 saturated carbocycles. The normalized spacial score (nSPS) is 17.6. The second-order valence-electron chi connectivity index (χ2n) is 5.28. The number of benzene rings is 1. The van der Waals surface area contributed by atoms with E-state index in [2.05, 4.69) is 41.1 Å². The maximum atomic E-state index is 5.82. The van der Waals surface area contributed by atoms with Gasteiger partial charge in [0, 0.05) is 18.4 Å². The summed E-state index contributed by atoms with van der Waals surface area (Å²) >= 11 is 5.14. The third kappa shape index (κ3) is 2.27. The van der Waals surface area contributed by atoms with E-state index >= 15 is 0 Å². The van der Waals surface area contributed by atoms with E-state index < -0.39 is 0 Å². The van der Waals surface area contributed by atoms with Gasteiger partial charge in [0.2, 0.25) is 0 Å². The van der Waals surface area contributed by atoms with Crippen molar-refractivity contribution in [3.8, 4) is 0 Å². The van der Waals surface area contributed by atoms with Crippen LogP contribution in [0.5, 0.6) is 0 Å². The number of fused-ring (bicyclic) bond motifs is 1. The van der Waals surface area contributed by atoms with Crippen molar-refractivity contribution in [1.29, 1.82) is 0 Å². The van der Waals surface area contributed by atoms with Gasteiger partial charge in [-0.3, -0.25) is 4.98 Å². The standard InChI is InChI=1S/C16H17N3S/c1-11-9-12-5-2-3-6-13(12)19(10-11)14-7-4-8-18-15(14)16(17)20/h2-8,11H,9-10H2,1H3,(H2,17,20). The molecule has 2 N–H and O–H groups in total. The Labute approximate surface area is 124 Å². The molecule has 2 heterocycles. The lowest BCUT2D eigenvalue weighted by molar-refractivity contribution is 0.562. The predicted molar refractivity (Wildman–Crippen MR) is 86.4 cm³/mol. The highest BCUT2D eigenvalue weighted by Crippen LogP contribution is 2.36. The fraction of sp³-hybridized carbons (Fsp3) is 0.250. The molecule has 0 bridgehead atoms. The average Bonchev–Trinajstić information content (AvgIpc) is 2.46. The summed E-state index contributed by atoms with van der Waals surface area (Å²) in [5.74, 6) is 0.587. The van der Waals surface area contributed by atoms with Crippen LogP contribution in [0.25, 0.3) is 0 Å². The van der Waals surface area contributed by atoms with E-state index in [-0.39, 0.29) is 0 Å². The molecule has 0 radical (unpaired) electrons. The van der Waals surface area contributed by atoms with Gasteiger partial charge in [0.15, 0.2) is 0 Å². The summed E-state index contributed by atoms with van der Waals surface area (Å²) in [6.45, 7) is 3.22. The monoisotopic (exact) mass is 283 g/mol. The highest BCUT2D eigenvalue weighted by Gasteiger charge is 2.24. The van der Waals surface area contributed by atoms with Gasteiger partial charge in [-0.2, -0.15) is 0 Å². The number of hydrogen-bond acceptors (Lipinski definition) is 3. The van der Waals surface area contributed by atoms with Gasteiger partial charge in [0.25, 0.3) is 0 Å². The molecule has 0 aliphatic carbocycles. The second kappa shape index (κ2) is 5.21. The fourth-order valence-electron chi connectivity index (χ4n) is 2.83. The van der Waals surface area contributed by atoms with Gasteiger partial charge in [-0.25, -0.2) is 0 Å². The number of hydrogen-bond donors (Lipinski definition) is 1. The molecule has 1 aromatic heterocycles. The third-order valence-corrected chi connectivity index (χ3v) is 3.85. The highest BCUT2D eigenvalue weighted by atomic mass is 32.1. The number of rotatable bonds is 2. The SMILES string of the molecule is CC1Cc2ccccc2N(c2cccnc2C(N)=S)C1. The molecule has 4 heteroatoms. The molecule has 1 aliphatic heterocycles. The number of pyridine rings is 1. The predicted octanol–water partition coefficient (Wildman–Crippen LogP) is 3.05. The Balaban J connectivity index is 2.13. The summed E-state index contributed by atoms with van der Waals surface area (Å²) in [4.78, 5) is 6.97. The number of anilines is 2. The molecule has 20 heavy (non-hydrogen) atoms. The zero-order valence-electron chi connectivity index (χ0n) is 11.4. The molecule has 102 valence electrons. The van der Waals surface area contributed by atoms with E-state index in [0.717, 1.165) is 18.7 Å². The minimum absolute atomic E-state index is 0.344. The summed E-state index contributed by atoms with van der Waals surface area (Å²) in [6, 6.07) is 12.5. The number of thiocarbonyl (C=S) groups is 1. The number of aromatic nitrogens is 1. The zero-order chi connectivity index (χ0) is 14.1. The number of nitrogens with zero attached hydrogens (tertiary/aromatic N) is 2. The van der Waals surface area contributed by atoms with Crippen LogP contribution in [0.1, 0.15) is 18.2 Å². The Bertz CT molecular complexity index is 654. The van der Waals surface area contributed by atoms with Crippen LogP contribution in [-0.2, 0) is 6.42 Å². The van der Waals surface area contributed by atoms with Gasteiger partial charge in [0.1, 0.15) is 10.7 Å². The van der Waals surface area contributed by atoms with Crippen LogP contribution in [0.15, 0.2) is 42.6 Å². The molecule has 2 aromatic rings. The number of nitrogens with two attached hydrogens (primary N) is 1. The summed E-state index contributed by atoms with van der Waals surface area (Å²) in [6.07, 6.45) is 2.84. The molecule has 0 spiro atoms. The van der Waals surface area contributed by atoms with Crippen molar-refractivity contribution in [1.82, 2.24) is 4.98 Å². The first kappa shape index (κ1) is 13.1. The van der Waals surface area contributed by atoms with E-state index in [4.69, 9.17) is 18.0 Å². The van der Waals surface area contributed by atoms with Gasteiger partial charge in [-0.1, -0.05) is 37.3 Å². The molecule has 1 aromatic carbocycles. The maximum absolute atomic E-state index is 5.82. The van der Waals surface area contributed by atoms with Crippen molar-refractivity contribution in [3.63, 3.8) is 0 Å². The van der Waals surface area contributed by atoms with Gasteiger partial charge in [0.05, 0.1) is 5.69 Å². The van der Waals surface area contributed by atoms with Crippen LogP contribution in [0.4, 0.5) is 11.4 Å². The maximum Gasteiger partial charge on any atom is 0.124 e. The molecule has 1 unspecified atom stereocenters. The lowest BCUT2D eigenvalue weighted by atomic mass is 9.93. The van der Waals surface area contributed by atoms with E-state index in [1.807, 2.05) is 12.1 Å². The molecule has 0 fully saturated rings. The zero-order valence-corrected chi connectivity index (χ0v) is 12.2. The largest absolute Gasteiger partial charge is 0.388 e. The summed E-state index contributed by atoms with van der Waals surface area (Å²) in [7, 11) is 0. The van der Waals surface area contributed by atoms with Crippen molar-refractivity contribution in [2.45, 2.75) is 13.3 Å². The number of para-hydroxylation sites is 1. The fourth-order valence-corrected chi connectivity index (χ4v) is 2.99. The molecule has 0 saturated heterocycles. The lowest BCUT2D eigenvalue weighted by Gasteiger charge is -2.35. The van der Waals surface area contributed by atoms with E-state index in [9.17, 15) is 0 Å². The molecule has 1 aliphatic rings. The Kier molecular flexibility index (Phi) is 3.40. The van der Waals surface area contributed by atoms with Crippen LogP contribution < -0.4 is 10.6 Å². The van der Waals surface area contributed by atoms with Crippen LogP contribution in [0.2, 0.25) is 0 Å². The first-order valence-electron chi connectivity index (χ1n) is 6.77. The minimum atomic E-state index is 0.344. The Morgan fingerprint density at radius 2 is 2.00 bits per heavy atom. The Hall–Kier alpha value is -1.94. The van der Waals surface area contributed by atoms with Crippen molar-refractivity contribution < 1.29 is 0 Å². The van der Waals surface area contributed by atoms with Gasteiger partial charge < -0.3 is 10.6 Å². The summed E-state index contributed by atoms with van der Waals surface area (Å²) < 4.78 is 0. The van der Waals surface area contributed by atoms with Crippen molar-refractivity contribution in [2.75, 3.05) is 11.4 Å². The first-order chi connectivity index (χ1) is 9.66. The highest BCUT2D eigenvalue weighted by molar-refractivity contribution is 7.80. The van der Waals surface area contributed by atoms with E-state index in [1.54, 1.807) is 6.20 Å². The van der Waals surface area contributed by atoms with Crippen LogP contribution >= 0.6 is 12.2 Å². The first-order valence-corrected chi connectivity index (χ1v) is 7.18. The van der Waals surface area contributed by atoms with Gasteiger partial charge >= 0.3 is 0 Å². The summed E-state index contributed by atoms with van der Waals surface area (Å²) in [5, 5.41) is 0. The van der Waals surface area contributed by atoms with Gasteiger partial charge in [-0.05, 0) is 36.1 Å². The average molecular weight is 283 g/mol. The van der Waals surface area contributed by atoms with Crippen LogP contribution in [-0.4, -0.2) is 16.5 Å². The van der Waals surface area contributed by atoms with Crippen LogP contribution in [0.3, 0.4) is 0 Å². The quantitative estimate of drug-likeness (QED) is 0.860. The third-order valence-electron chi connectivity index (χ3n) is 3.66. The van der Waals surface area contributed by atoms with E-state index in [1.165, 1.54) is 11.3 Å². The Morgan fingerprint density at radius 1 is 1.25 bits per heavy atom. The van der Waals surface area contributed by atoms with Crippen molar-refractivity contribution in [3.05, 3.63) is 53.9 Å². The van der Waals surface area contributed by atoms with E-state index in [0.29, 0.717) is 16.6 Å². The lowest BCUT2D eigenvalue weighted by Crippen LogP contribution is -2.32. The van der Waals surface area contributed by atoms with Crippen LogP contribution in [0, 0.1) is 5.92 Å². The summed E-state index contributed by atoms with van der Waals surface area (Å²) in [5.41, 5.74) is 10.1.